The summed E-state index contributed by atoms with van der Waals surface area (Å²) in [4.78, 5) is 12.3. The molecule has 40 heavy (non-hydrogen) atoms. The molecule has 218 valence electrons. The lowest BCUT2D eigenvalue weighted by Crippen LogP contribution is -2.61. The number of hydrogen-bond donors (Lipinski definition) is 6. The van der Waals surface area contributed by atoms with Gasteiger partial charge < -0.3 is 54.3 Å². The average Bonchev–Trinajstić information content (AvgIpc) is 2.95. The first-order valence-electron chi connectivity index (χ1n) is 12.8. The highest BCUT2D eigenvalue weighted by Gasteiger charge is 2.48. The van der Waals surface area contributed by atoms with Crippen molar-refractivity contribution in [3.63, 3.8) is 0 Å². The van der Waals surface area contributed by atoms with Crippen molar-refractivity contribution >= 4 is 12.0 Å². The van der Waals surface area contributed by atoms with Crippen LogP contribution in [0.25, 0.3) is 6.08 Å². The molecule has 0 unspecified atom stereocenters. The lowest BCUT2D eigenvalue weighted by molar-refractivity contribution is -0.329. The Hall–Kier alpha value is -2.91. The number of aliphatic hydroxyl groups excluding tert-OH is 5. The van der Waals surface area contributed by atoms with Gasteiger partial charge in [0.25, 0.3) is 0 Å². The summed E-state index contributed by atoms with van der Waals surface area (Å²) < 4.78 is 27.7. The van der Waals surface area contributed by atoms with Crippen LogP contribution in [0.2, 0.25) is 0 Å². The molecule has 0 aromatic heterocycles. The molecule has 2 saturated heterocycles. The molecule has 6 N–H and O–H groups in total. The van der Waals surface area contributed by atoms with Crippen LogP contribution in [0.4, 0.5) is 0 Å². The molecule has 2 aliphatic heterocycles. The van der Waals surface area contributed by atoms with Crippen molar-refractivity contribution in [2.75, 3.05) is 6.61 Å². The second-order valence-corrected chi connectivity index (χ2v) is 9.66. The summed E-state index contributed by atoms with van der Waals surface area (Å²) in [5.74, 6) is -0.705. The van der Waals surface area contributed by atoms with E-state index in [-0.39, 0.29) is 12.4 Å². The van der Waals surface area contributed by atoms with E-state index >= 15 is 0 Å². The number of rotatable bonds is 9. The topological polar surface area (TPSA) is 185 Å². The largest absolute Gasteiger partial charge is 0.508 e. The Labute approximate surface area is 230 Å². The van der Waals surface area contributed by atoms with E-state index in [0.29, 0.717) is 5.56 Å². The zero-order valence-electron chi connectivity index (χ0n) is 21.7. The predicted molar refractivity (Wildman–Crippen MR) is 137 cm³/mol. The lowest BCUT2D eigenvalue weighted by atomic mass is 9.98. The monoisotopic (exact) mass is 562 g/mol. The van der Waals surface area contributed by atoms with Crippen LogP contribution in [-0.2, 0) is 35.1 Å². The summed E-state index contributed by atoms with van der Waals surface area (Å²) in [6, 6.07) is 15.2. The van der Waals surface area contributed by atoms with Crippen LogP contribution in [0.3, 0.4) is 0 Å². The number of carbonyl (C=O) groups is 1. The maximum Gasteiger partial charge on any atom is 0.331 e. The molecule has 0 radical (unpaired) electrons. The van der Waals surface area contributed by atoms with Gasteiger partial charge in [0.15, 0.2) is 18.7 Å². The van der Waals surface area contributed by atoms with E-state index in [1.54, 1.807) is 12.1 Å². The van der Waals surface area contributed by atoms with Gasteiger partial charge in [0.1, 0.15) is 42.4 Å². The van der Waals surface area contributed by atoms with E-state index in [1.165, 1.54) is 25.1 Å². The molecule has 12 nitrogen and oxygen atoms in total. The number of ether oxygens (including phenoxy) is 5. The number of phenols is 1. The number of esters is 1. The number of aromatic hydroxyl groups is 1. The minimum atomic E-state index is -1.63. The maximum atomic E-state index is 12.3. The maximum absolute atomic E-state index is 12.3. The Morgan fingerprint density at radius 1 is 0.825 bits per heavy atom. The molecule has 2 heterocycles. The number of hydrogen-bond acceptors (Lipinski definition) is 12. The fourth-order valence-electron chi connectivity index (χ4n) is 4.36. The zero-order valence-corrected chi connectivity index (χ0v) is 21.7. The molecule has 0 aliphatic carbocycles. The third-order valence-electron chi connectivity index (χ3n) is 6.68. The van der Waals surface area contributed by atoms with Crippen molar-refractivity contribution in [2.45, 2.75) is 74.9 Å². The number of aliphatic hydroxyl groups is 5. The normalized spacial score (nSPS) is 34.5. The van der Waals surface area contributed by atoms with E-state index < -0.39 is 74.0 Å². The number of phenolic OH excluding ortho intramolecular Hbond substituents is 1. The van der Waals surface area contributed by atoms with Crippen LogP contribution in [0, 0.1) is 0 Å². The van der Waals surface area contributed by atoms with Crippen molar-refractivity contribution in [1.82, 2.24) is 0 Å². The van der Waals surface area contributed by atoms with Gasteiger partial charge in [0.2, 0.25) is 0 Å². The van der Waals surface area contributed by atoms with Crippen LogP contribution in [0.15, 0.2) is 60.7 Å². The first kappa shape index (κ1) is 30.1. The Morgan fingerprint density at radius 3 is 2.17 bits per heavy atom. The van der Waals surface area contributed by atoms with Gasteiger partial charge in [-0.1, -0.05) is 42.5 Å². The fourth-order valence-corrected chi connectivity index (χ4v) is 4.36. The van der Waals surface area contributed by atoms with Gasteiger partial charge in [-0.15, -0.1) is 0 Å². The minimum absolute atomic E-state index is 0.0799. The summed E-state index contributed by atoms with van der Waals surface area (Å²) in [7, 11) is 0. The molecule has 10 atom stereocenters. The average molecular weight is 563 g/mol. The fraction of sp³-hybridized carbons (Fsp3) is 0.464. The highest BCUT2D eigenvalue weighted by atomic mass is 16.7. The Balaban J connectivity index is 1.30. The third kappa shape index (κ3) is 7.43. The quantitative estimate of drug-likeness (QED) is 0.175. The Kier molecular flexibility index (Phi) is 10.2. The van der Waals surface area contributed by atoms with Gasteiger partial charge in [-0.25, -0.2) is 4.79 Å². The van der Waals surface area contributed by atoms with Gasteiger partial charge >= 0.3 is 5.97 Å². The molecule has 2 aromatic carbocycles. The van der Waals surface area contributed by atoms with Crippen molar-refractivity contribution in [3.8, 4) is 5.75 Å². The van der Waals surface area contributed by atoms with Gasteiger partial charge in [-0.2, -0.15) is 0 Å². The van der Waals surface area contributed by atoms with Crippen LogP contribution in [0.1, 0.15) is 18.1 Å². The minimum Gasteiger partial charge on any atom is -0.508 e. The summed E-state index contributed by atoms with van der Waals surface area (Å²) >= 11 is 0. The summed E-state index contributed by atoms with van der Waals surface area (Å²) in [5.41, 5.74) is 1.44. The standard InChI is InChI=1S/C28H34O12/c1-15-26(40-20(30)12-9-16-7-10-18(29)11-8-16)23(33)25(35)27(38-15)37-14-19-21(31)22(32)24(34)28(39-19)36-13-17-5-3-2-4-6-17/h2-12,15,19,21-29,31-35H,13-14H2,1H3/t15-,19+,21+,22-,23-,24+,25+,26-,27+,28+/m0/s1. The molecule has 2 aliphatic rings. The highest BCUT2D eigenvalue weighted by Crippen LogP contribution is 2.27. The van der Waals surface area contributed by atoms with Crippen molar-refractivity contribution in [1.29, 1.82) is 0 Å². The van der Waals surface area contributed by atoms with E-state index in [9.17, 15) is 35.4 Å². The summed E-state index contributed by atoms with van der Waals surface area (Å²) in [5, 5.41) is 61.5. The molecule has 12 heteroatoms. The third-order valence-corrected chi connectivity index (χ3v) is 6.68. The molecule has 0 saturated carbocycles. The van der Waals surface area contributed by atoms with E-state index in [0.717, 1.165) is 11.6 Å². The first-order chi connectivity index (χ1) is 19.1. The van der Waals surface area contributed by atoms with Crippen molar-refractivity contribution < 1.29 is 59.1 Å². The molecular formula is C28H34O12. The van der Waals surface area contributed by atoms with E-state index in [1.807, 2.05) is 30.3 Å². The molecule has 0 amide bonds. The Morgan fingerprint density at radius 2 is 1.48 bits per heavy atom. The molecule has 2 aromatic rings. The summed E-state index contributed by atoms with van der Waals surface area (Å²) in [6.45, 7) is 1.21. The second-order valence-electron chi connectivity index (χ2n) is 9.66. The second kappa shape index (κ2) is 13.6. The van der Waals surface area contributed by atoms with Crippen molar-refractivity contribution in [2.24, 2.45) is 0 Å². The van der Waals surface area contributed by atoms with Crippen LogP contribution in [-0.4, -0.2) is 105 Å². The zero-order chi connectivity index (χ0) is 28.8. The first-order valence-corrected chi connectivity index (χ1v) is 12.8. The molecule has 2 fully saturated rings. The Bertz CT molecular complexity index is 1110. The van der Waals surface area contributed by atoms with Gasteiger partial charge in [0.05, 0.1) is 19.3 Å². The number of carbonyl (C=O) groups excluding carboxylic acids is 1. The van der Waals surface area contributed by atoms with Crippen LogP contribution in [0.5, 0.6) is 5.75 Å². The SMILES string of the molecule is C[C@@H]1O[C@@H](OC[C@H]2O[C@@H](OCc3ccccc3)[C@H](O)[C@@H](O)[C@@H]2O)[C@H](O)[C@H](O)[C@H]1OC(=O)C=Cc1ccc(O)cc1. The molecular weight excluding hydrogens is 528 g/mol. The van der Waals surface area contributed by atoms with Gasteiger partial charge in [-0.05, 0) is 36.3 Å². The van der Waals surface area contributed by atoms with E-state index in [4.69, 9.17) is 23.7 Å². The molecule has 4 rings (SSSR count). The van der Waals surface area contributed by atoms with Gasteiger partial charge in [0, 0.05) is 6.08 Å². The van der Waals surface area contributed by atoms with E-state index in [2.05, 4.69) is 0 Å². The predicted octanol–water partition coefficient (Wildman–Crippen LogP) is -0.175. The van der Waals surface area contributed by atoms with Crippen LogP contribution < -0.4 is 0 Å². The van der Waals surface area contributed by atoms with Crippen molar-refractivity contribution in [3.05, 3.63) is 71.8 Å². The lowest BCUT2D eigenvalue weighted by Gasteiger charge is -2.43. The van der Waals surface area contributed by atoms with Gasteiger partial charge in [-0.3, -0.25) is 0 Å². The molecule has 0 bridgehead atoms. The molecule has 0 spiro atoms. The number of benzene rings is 2. The smallest absolute Gasteiger partial charge is 0.331 e. The van der Waals surface area contributed by atoms with Crippen LogP contribution >= 0.6 is 0 Å². The summed E-state index contributed by atoms with van der Waals surface area (Å²) in [6.07, 6.45) is -11.2. The highest BCUT2D eigenvalue weighted by molar-refractivity contribution is 5.87.